The van der Waals surface area contributed by atoms with Gasteiger partial charge in [0.05, 0.1) is 16.9 Å². The van der Waals surface area contributed by atoms with E-state index in [4.69, 9.17) is 0 Å². The normalized spacial score (nSPS) is 10.1. The van der Waals surface area contributed by atoms with E-state index in [9.17, 15) is 40.5 Å². The van der Waals surface area contributed by atoms with Crippen LogP contribution in [-0.4, -0.2) is 24.3 Å². The predicted octanol–water partition coefficient (Wildman–Crippen LogP) is 0.658. The van der Waals surface area contributed by atoms with Gasteiger partial charge in [0.2, 0.25) is 0 Å². The van der Waals surface area contributed by atoms with E-state index in [1.54, 1.807) is 0 Å². The lowest BCUT2D eigenvalue weighted by Crippen LogP contribution is -2.02. The first-order chi connectivity index (χ1) is 8.20. The van der Waals surface area contributed by atoms with Gasteiger partial charge >= 0.3 is 23.0 Å². The van der Waals surface area contributed by atoms with E-state index in [0.717, 1.165) is 7.05 Å². The van der Waals surface area contributed by atoms with Crippen LogP contribution in [0.5, 0.6) is 0 Å². The summed E-state index contributed by atoms with van der Waals surface area (Å²) in [7, 11) is 0.760. The molecule has 1 aromatic heterocycles. The highest BCUT2D eigenvalue weighted by molar-refractivity contribution is 5.73. The maximum atomic E-state index is 10.6. The van der Waals surface area contributed by atoms with Crippen molar-refractivity contribution in [2.45, 2.75) is 0 Å². The average molecular weight is 261 g/mol. The van der Waals surface area contributed by atoms with Gasteiger partial charge in [0.15, 0.2) is 0 Å². The van der Waals surface area contributed by atoms with Crippen LogP contribution in [0.15, 0.2) is 0 Å². The molecule has 0 amide bonds. The first kappa shape index (κ1) is 12.9. The Morgan fingerprint density at radius 2 is 1.00 bits per heavy atom. The summed E-state index contributed by atoms with van der Waals surface area (Å²) in [4.78, 5) is 37.0. The summed E-state index contributed by atoms with van der Waals surface area (Å²) in [6, 6.07) is 0. The molecule has 0 saturated carbocycles. The van der Waals surface area contributed by atoms with E-state index in [-0.39, 0.29) is 4.57 Å². The highest BCUT2D eigenvalue weighted by Crippen LogP contribution is 2.45. The topological polar surface area (TPSA) is 177 Å². The quantitative estimate of drug-likeness (QED) is 0.559. The summed E-state index contributed by atoms with van der Waals surface area (Å²) < 4.78 is 0.191. The summed E-state index contributed by atoms with van der Waals surface area (Å²) in [5, 5.41) is 42.4. The molecule has 0 unspecified atom stereocenters. The van der Waals surface area contributed by atoms with Gasteiger partial charge in [0.1, 0.15) is 0 Å². The molecule has 0 spiro atoms. The number of nitrogens with zero attached hydrogens (tertiary/aromatic N) is 5. The molecular formula is C5H3N5O8. The molecule has 0 aliphatic rings. The molecule has 96 valence electrons. The number of hydrogen-bond donors (Lipinski definition) is 0. The van der Waals surface area contributed by atoms with Gasteiger partial charge in [0, 0.05) is 0 Å². The number of aromatic nitrogens is 1. The maximum Gasteiger partial charge on any atom is 0.447 e. The Bertz CT molecular complexity index is 538. The second-order valence-corrected chi connectivity index (χ2v) is 2.93. The van der Waals surface area contributed by atoms with Crippen LogP contribution >= 0.6 is 0 Å². The Hall–Kier alpha value is -3.12. The molecule has 0 saturated heterocycles. The highest BCUT2D eigenvalue weighted by atomic mass is 16.7. The van der Waals surface area contributed by atoms with E-state index in [1.165, 1.54) is 0 Å². The first-order valence-corrected chi connectivity index (χ1v) is 4.00. The second kappa shape index (κ2) is 4.04. The fraction of sp³-hybridized carbons (Fsp3) is 0.200. The zero-order valence-electron chi connectivity index (χ0n) is 8.50. The van der Waals surface area contributed by atoms with Crippen LogP contribution in [-0.2, 0) is 7.05 Å². The van der Waals surface area contributed by atoms with Gasteiger partial charge in [-0.25, -0.2) is 0 Å². The van der Waals surface area contributed by atoms with E-state index in [0.29, 0.717) is 0 Å². The summed E-state index contributed by atoms with van der Waals surface area (Å²) in [6.07, 6.45) is 0. The van der Waals surface area contributed by atoms with Gasteiger partial charge in [-0.05, 0) is 9.85 Å². The fourth-order valence-electron chi connectivity index (χ4n) is 1.38. The summed E-state index contributed by atoms with van der Waals surface area (Å²) in [5.41, 5.74) is -3.03. The molecule has 1 rings (SSSR count). The zero-order chi connectivity index (χ0) is 14.2. The third-order valence-corrected chi connectivity index (χ3v) is 1.99. The number of nitro groups is 4. The monoisotopic (exact) mass is 261 g/mol. The number of hydrogen-bond acceptors (Lipinski definition) is 8. The fourth-order valence-corrected chi connectivity index (χ4v) is 1.38. The van der Waals surface area contributed by atoms with Crippen molar-refractivity contribution < 1.29 is 19.7 Å². The molecule has 0 radical (unpaired) electrons. The van der Waals surface area contributed by atoms with E-state index in [2.05, 4.69) is 0 Å². The van der Waals surface area contributed by atoms with E-state index >= 15 is 0 Å². The van der Waals surface area contributed by atoms with Crippen LogP contribution in [0.2, 0.25) is 0 Å². The summed E-state index contributed by atoms with van der Waals surface area (Å²) >= 11 is 0. The minimum atomic E-state index is -1.51. The van der Waals surface area contributed by atoms with E-state index in [1.807, 2.05) is 0 Å². The van der Waals surface area contributed by atoms with Crippen LogP contribution in [0, 0.1) is 40.5 Å². The predicted molar refractivity (Wildman–Crippen MR) is 52.0 cm³/mol. The molecule has 0 bridgehead atoms. The van der Waals surface area contributed by atoms with Gasteiger partial charge in [-0.2, -0.15) is 4.57 Å². The molecular weight excluding hydrogens is 258 g/mol. The molecule has 0 N–H and O–H groups in total. The van der Waals surface area contributed by atoms with Crippen molar-refractivity contribution in [1.29, 1.82) is 0 Å². The largest absolute Gasteiger partial charge is 0.447 e. The van der Waals surface area contributed by atoms with Gasteiger partial charge in [-0.1, -0.05) is 0 Å². The van der Waals surface area contributed by atoms with Gasteiger partial charge in [-0.15, -0.1) is 0 Å². The van der Waals surface area contributed by atoms with E-state index < -0.39 is 42.7 Å². The van der Waals surface area contributed by atoms with Crippen LogP contribution in [0.3, 0.4) is 0 Å². The SMILES string of the molecule is Cn1c([N+](=O)[O-])c([N+](=O)[O-])c([N+](=O)[O-])c1[N+](=O)[O-]. The summed E-state index contributed by atoms with van der Waals surface area (Å²) in [5.74, 6) is -2.64. The van der Waals surface area contributed by atoms with Gasteiger partial charge < -0.3 is 20.2 Å². The van der Waals surface area contributed by atoms with Gasteiger partial charge in [0.25, 0.3) is 0 Å². The lowest BCUT2D eigenvalue weighted by Gasteiger charge is -1.94. The van der Waals surface area contributed by atoms with Crippen molar-refractivity contribution in [3.63, 3.8) is 0 Å². The van der Waals surface area contributed by atoms with Crippen LogP contribution in [0.1, 0.15) is 0 Å². The van der Waals surface area contributed by atoms with Crippen molar-refractivity contribution in [2.75, 3.05) is 0 Å². The Morgan fingerprint density at radius 1 is 0.722 bits per heavy atom. The Morgan fingerprint density at radius 3 is 1.17 bits per heavy atom. The molecule has 13 heteroatoms. The van der Waals surface area contributed by atoms with Gasteiger partial charge in [-0.3, -0.25) is 20.2 Å². The molecule has 1 aromatic rings. The van der Waals surface area contributed by atoms with Crippen molar-refractivity contribution in [3.8, 4) is 0 Å². The second-order valence-electron chi connectivity index (χ2n) is 2.93. The number of rotatable bonds is 4. The lowest BCUT2D eigenvalue weighted by atomic mass is 10.4. The van der Waals surface area contributed by atoms with Crippen LogP contribution in [0.25, 0.3) is 0 Å². The molecule has 18 heavy (non-hydrogen) atoms. The standard InChI is InChI=1S/C5H3N5O8/c1-6-4(9(15)16)2(7(11)12)3(8(13)14)5(6)10(17)18/h1H3. The minimum Gasteiger partial charge on any atom is -0.358 e. The third-order valence-electron chi connectivity index (χ3n) is 1.99. The smallest absolute Gasteiger partial charge is 0.358 e. The molecule has 0 aromatic carbocycles. The Labute approximate surface area is 95.8 Å². The van der Waals surface area contributed by atoms with Crippen molar-refractivity contribution in [2.24, 2.45) is 7.05 Å². The van der Waals surface area contributed by atoms with Crippen molar-refractivity contribution in [1.82, 2.24) is 4.57 Å². The minimum absolute atomic E-state index is 0.191. The Balaban J connectivity index is 3.92. The molecule has 0 aliphatic carbocycles. The highest BCUT2D eigenvalue weighted by Gasteiger charge is 2.49. The first-order valence-electron chi connectivity index (χ1n) is 4.00. The molecule has 0 fully saturated rings. The molecule has 0 atom stereocenters. The maximum absolute atomic E-state index is 10.6. The third kappa shape index (κ3) is 1.68. The summed E-state index contributed by atoms with van der Waals surface area (Å²) in [6.45, 7) is 0. The lowest BCUT2D eigenvalue weighted by molar-refractivity contribution is -0.446. The molecule has 1 heterocycles. The average Bonchev–Trinajstić information content (AvgIpc) is 2.51. The molecule has 13 nitrogen and oxygen atoms in total. The molecule has 0 aliphatic heterocycles. The van der Waals surface area contributed by atoms with Crippen molar-refractivity contribution in [3.05, 3.63) is 40.5 Å². The van der Waals surface area contributed by atoms with Crippen LogP contribution in [0.4, 0.5) is 23.0 Å². The van der Waals surface area contributed by atoms with Crippen LogP contribution < -0.4 is 0 Å². The zero-order valence-corrected chi connectivity index (χ0v) is 8.50. The Kier molecular flexibility index (Phi) is 2.90. The van der Waals surface area contributed by atoms with Crippen molar-refractivity contribution >= 4 is 23.0 Å².